The number of barbiturate groups is 1. The average Bonchev–Trinajstić information content (AvgIpc) is 3.21. The maximum Gasteiger partial charge on any atom is 0.335 e. The standard InChI is InChI=1S/C22H13BrN2O6/c23-14-4-6-15(7-5-14)25-20(27)17(19(26)24-22(25)30)11-16-8-9-18(31-16)12-2-1-3-13(10-12)21(28)29/h1-11H,(H,28,29)(H,24,26,30)/p-1/b17-11-. The van der Waals surface area contributed by atoms with Crippen molar-refractivity contribution in [3.8, 4) is 11.3 Å². The highest BCUT2D eigenvalue weighted by molar-refractivity contribution is 9.10. The summed E-state index contributed by atoms with van der Waals surface area (Å²) < 4.78 is 6.42. The van der Waals surface area contributed by atoms with E-state index in [2.05, 4.69) is 21.2 Å². The number of amides is 4. The van der Waals surface area contributed by atoms with Gasteiger partial charge in [0.25, 0.3) is 11.8 Å². The molecule has 4 amide bonds. The molecule has 1 aliphatic rings. The molecule has 154 valence electrons. The van der Waals surface area contributed by atoms with E-state index in [9.17, 15) is 24.3 Å². The molecule has 0 aliphatic carbocycles. The molecule has 4 rings (SSSR count). The first kappa shape index (κ1) is 20.3. The van der Waals surface area contributed by atoms with Crippen molar-refractivity contribution in [2.45, 2.75) is 0 Å². The Balaban J connectivity index is 1.66. The van der Waals surface area contributed by atoms with Gasteiger partial charge in [-0.3, -0.25) is 14.9 Å². The maximum atomic E-state index is 12.9. The van der Waals surface area contributed by atoms with E-state index in [0.717, 1.165) is 9.37 Å². The van der Waals surface area contributed by atoms with Crippen molar-refractivity contribution < 1.29 is 28.7 Å². The topological polar surface area (TPSA) is 120 Å². The van der Waals surface area contributed by atoms with E-state index in [1.165, 1.54) is 24.3 Å². The number of carbonyl (C=O) groups is 4. The van der Waals surface area contributed by atoms with Crippen LogP contribution in [0.2, 0.25) is 0 Å². The number of carbonyl (C=O) groups excluding carboxylic acids is 4. The third-order valence-electron chi connectivity index (χ3n) is 4.48. The third kappa shape index (κ3) is 4.03. The Hall–Kier alpha value is -3.98. The van der Waals surface area contributed by atoms with E-state index >= 15 is 0 Å². The molecule has 0 spiro atoms. The van der Waals surface area contributed by atoms with E-state index in [0.29, 0.717) is 17.0 Å². The monoisotopic (exact) mass is 479 g/mol. The Morgan fingerprint density at radius 2 is 1.77 bits per heavy atom. The number of carboxylic acids is 1. The molecule has 1 N–H and O–H groups in total. The zero-order valence-corrected chi connectivity index (χ0v) is 17.2. The average molecular weight is 480 g/mol. The summed E-state index contributed by atoms with van der Waals surface area (Å²) in [6.07, 6.45) is 1.22. The van der Waals surface area contributed by atoms with Crippen molar-refractivity contribution >= 4 is 51.5 Å². The molecule has 8 nitrogen and oxygen atoms in total. The third-order valence-corrected chi connectivity index (χ3v) is 5.01. The van der Waals surface area contributed by atoms with E-state index in [1.54, 1.807) is 42.5 Å². The zero-order chi connectivity index (χ0) is 22.1. The number of imide groups is 2. The first-order valence-corrected chi connectivity index (χ1v) is 9.71. The number of halogens is 1. The normalized spacial score (nSPS) is 15.3. The molecule has 2 heterocycles. The van der Waals surface area contributed by atoms with E-state index < -0.39 is 23.8 Å². The Morgan fingerprint density at radius 1 is 1.03 bits per heavy atom. The Morgan fingerprint density at radius 3 is 2.48 bits per heavy atom. The number of furan rings is 1. The lowest BCUT2D eigenvalue weighted by atomic mass is 10.1. The largest absolute Gasteiger partial charge is 0.545 e. The van der Waals surface area contributed by atoms with E-state index in [-0.39, 0.29) is 16.9 Å². The smallest absolute Gasteiger partial charge is 0.335 e. The fraction of sp³-hybridized carbons (Fsp3) is 0. The zero-order valence-electron chi connectivity index (χ0n) is 15.6. The number of rotatable bonds is 4. The van der Waals surface area contributed by atoms with E-state index in [4.69, 9.17) is 4.42 Å². The van der Waals surface area contributed by atoms with Gasteiger partial charge in [0, 0.05) is 10.0 Å². The molecule has 3 aromatic rings. The van der Waals surface area contributed by atoms with Gasteiger partial charge < -0.3 is 14.3 Å². The minimum atomic E-state index is -1.32. The fourth-order valence-corrected chi connectivity index (χ4v) is 3.27. The van der Waals surface area contributed by atoms with Gasteiger partial charge in [-0.05, 0) is 54.1 Å². The summed E-state index contributed by atoms with van der Waals surface area (Å²) in [6.45, 7) is 0. The van der Waals surface area contributed by atoms with Crippen molar-refractivity contribution in [3.63, 3.8) is 0 Å². The Bertz CT molecular complexity index is 1260. The lowest BCUT2D eigenvalue weighted by Crippen LogP contribution is -2.54. The predicted octanol–water partition coefficient (Wildman–Crippen LogP) is 2.74. The number of nitrogens with zero attached hydrogens (tertiary/aromatic N) is 1. The van der Waals surface area contributed by atoms with Crippen molar-refractivity contribution in [2.24, 2.45) is 0 Å². The number of benzene rings is 2. The summed E-state index contributed by atoms with van der Waals surface area (Å²) in [4.78, 5) is 49.3. The molecule has 0 atom stereocenters. The Kier molecular flexibility index (Phi) is 5.26. The molecule has 0 unspecified atom stereocenters. The summed E-state index contributed by atoms with van der Waals surface area (Å²) in [5.74, 6) is -2.46. The van der Waals surface area contributed by atoms with Crippen LogP contribution in [0, 0.1) is 0 Å². The van der Waals surface area contributed by atoms with Crippen molar-refractivity contribution in [1.29, 1.82) is 0 Å². The van der Waals surface area contributed by atoms with Crippen LogP contribution in [0.1, 0.15) is 16.1 Å². The highest BCUT2D eigenvalue weighted by atomic mass is 79.9. The molecule has 0 radical (unpaired) electrons. The van der Waals surface area contributed by atoms with E-state index in [1.807, 2.05) is 0 Å². The number of carboxylic acid groups (broad SMARTS) is 1. The minimum absolute atomic E-state index is 0.0145. The molecule has 31 heavy (non-hydrogen) atoms. The van der Waals surface area contributed by atoms with Crippen molar-refractivity contribution in [2.75, 3.05) is 4.90 Å². The molecule has 9 heteroatoms. The summed E-state index contributed by atoms with van der Waals surface area (Å²) in [5.41, 5.74) is 0.479. The second kappa shape index (κ2) is 8.04. The van der Waals surface area contributed by atoms with Crippen molar-refractivity contribution in [1.82, 2.24) is 5.32 Å². The van der Waals surface area contributed by atoms with Crippen LogP contribution in [-0.2, 0) is 9.59 Å². The number of aromatic carboxylic acids is 1. The maximum absolute atomic E-state index is 12.9. The molecule has 1 fully saturated rings. The van der Waals surface area contributed by atoms with Gasteiger partial charge in [-0.1, -0.05) is 34.1 Å². The van der Waals surface area contributed by atoms with Gasteiger partial charge in [0.2, 0.25) is 0 Å². The first-order valence-electron chi connectivity index (χ1n) is 8.92. The molecule has 0 bridgehead atoms. The lowest BCUT2D eigenvalue weighted by Gasteiger charge is -2.26. The summed E-state index contributed by atoms with van der Waals surface area (Å²) in [6, 6.07) is 14.7. The molecule has 1 aliphatic heterocycles. The number of hydrogen-bond donors (Lipinski definition) is 1. The lowest BCUT2D eigenvalue weighted by molar-refractivity contribution is -0.255. The summed E-state index contributed by atoms with van der Waals surface area (Å²) >= 11 is 3.28. The second-order valence-corrected chi connectivity index (χ2v) is 7.42. The molecular formula is C22H12BrN2O6-. The number of nitrogens with one attached hydrogen (secondary N) is 1. The predicted molar refractivity (Wildman–Crippen MR) is 112 cm³/mol. The van der Waals surface area contributed by atoms with Gasteiger partial charge in [-0.15, -0.1) is 0 Å². The van der Waals surface area contributed by atoms with Gasteiger partial charge >= 0.3 is 6.03 Å². The van der Waals surface area contributed by atoms with Crippen molar-refractivity contribution in [3.05, 3.63) is 82.0 Å². The van der Waals surface area contributed by atoms with Gasteiger partial charge in [0.05, 0.1) is 11.7 Å². The van der Waals surface area contributed by atoms with Gasteiger partial charge in [0.1, 0.15) is 17.1 Å². The molecule has 1 saturated heterocycles. The van der Waals surface area contributed by atoms with Crippen LogP contribution in [0.25, 0.3) is 17.4 Å². The molecule has 0 saturated carbocycles. The number of anilines is 1. The quantitative estimate of drug-likeness (QED) is 0.453. The molecule has 2 aromatic carbocycles. The molecule has 1 aromatic heterocycles. The van der Waals surface area contributed by atoms with Gasteiger partial charge in [-0.25, -0.2) is 9.69 Å². The van der Waals surface area contributed by atoms with Crippen LogP contribution in [-0.4, -0.2) is 23.8 Å². The summed E-state index contributed by atoms with van der Waals surface area (Å²) in [5, 5.41) is 13.2. The minimum Gasteiger partial charge on any atom is -0.545 e. The number of hydrogen-bond acceptors (Lipinski definition) is 6. The van der Waals surface area contributed by atoms with Gasteiger partial charge in [0.15, 0.2) is 0 Å². The van der Waals surface area contributed by atoms with Crippen LogP contribution >= 0.6 is 15.9 Å². The van der Waals surface area contributed by atoms with Crippen LogP contribution in [0.4, 0.5) is 10.5 Å². The highest BCUT2D eigenvalue weighted by Gasteiger charge is 2.37. The number of urea groups is 1. The second-order valence-electron chi connectivity index (χ2n) is 6.50. The van der Waals surface area contributed by atoms with Crippen LogP contribution < -0.4 is 15.3 Å². The highest BCUT2D eigenvalue weighted by Crippen LogP contribution is 2.27. The molecular weight excluding hydrogens is 468 g/mol. The first-order chi connectivity index (χ1) is 14.8. The summed E-state index contributed by atoms with van der Waals surface area (Å²) in [7, 11) is 0. The van der Waals surface area contributed by atoms with Crippen LogP contribution in [0.15, 0.2) is 75.1 Å². The Labute approximate surface area is 183 Å². The van der Waals surface area contributed by atoms with Crippen LogP contribution in [0.5, 0.6) is 0 Å². The van der Waals surface area contributed by atoms with Gasteiger partial charge in [-0.2, -0.15) is 0 Å². The fourth-order valence-electron chi connectivity index (χ4n) is 3.01. The van der Waals surface area contributed by atoms with Crippen LogP contribution in [0.3, 0.4) is 0 Å². The SMILES string of the molecule is O=C1NC(=O)N(c2ccc(Br)cc2)C(=O)/C1=C\c1ccc(-c2cccc(C(=O)[O-])c2)o1.